The van der Waals surface area contributed by atoms with E-state index in [0.717, 1.165) is 25.3 Å². The molecule has 0 aliphatic rings. The first-order valence-electron chi connectivity index (χ1n) is 5.63. The van der Waals surface area contributed by atoms with Crippen LogP contribution in [-0.2, 0) is 6.18 Å². The van der Waals surface area contributed by atoms with Crippen LogP contribution in [0.3, 0.4) is 0 Å². The summed E-state index contributed by atoms with van der Waals surface area (Å²) < 4.78 is 42.9. The van der Waals surface area contributed by atoms with Crippen LogP contribution in [0.1, 0.15) is 21.5 Å². The van der Waals surface area contributed by atoms with E-state index in [9.17, 15) is 18.0 Å². The van der Waals surface area contributed by atoms with E-state index in [1.807, 2.05) is 0 Å². The van der Waals surface area contributed by atoms with Gasteiger partial charge in [-0.3, -0.25) is 9.78 Å². The third-order valence-electron chi connectivity index (χ3n) is 2.71. The van der Waals surface area contributed by atoms with Gasteiger partial charge in [-0.1, -0.05) is 6.07 Å². The number of benzene rings is 1. The zero-order chi connectivity index (χ0) is 14.8. The highest BCUT2D eigenvalue weighted by molar-refractivity contribution is 6.09. The third kappa shape index (κ3) is 2.79. The molecular weight excluding hydrogens is 271 g/mol. The molecule has 6 heteroatoms. The number of carbonyl (C=O) groups excluding carboxylic acids is 1. The molecule has 3 nitrogen and oxygen atoms in total. The molecule has 0 N–H and O–H groups in total. The molecule has 0 bridgehead atoms. The van der Waals surface area contributed by atoms with E-state index >= 15 is 0 Å². The van der Waals surface area contributed by atoms with E-state index < -0.39 is 11.7 Å². The molecule has 0 aliphatic carbocycles. The minimum absolute atomic E-state index is 0.126. The van der Waals surface area contributed by atoms with Gasteiger partial charge in [-0.15, -0.1) is 0 Å². The van der Waals surface area contributed by atoms with Crippen LogP contribution >= 0.6 is 0 Å². The lowest BCUT2D eigenvalue weighted by Crippen LogP contribution is -2.09. The number of ketones is 1. The largest absolute Gasteiger partial charge is 0.496 e. The van der Waals surface area contributed by atoms with Crippen LogP contribution in [0.25, 0.3) is 0 Å². The van der Waals surface area contributed by atoms with Gasteiger partial charge in [0.05, 0.1) is 12.7 Å². The Morgan fingerprint density at radius 3 is 2.30 bits per heavy atom. The van der Waals surface area contributed by atoms with Crippen molar-refractivity contribution in [2.75, 3.05) is 7.11 Å². The van der Waals surface area contributed by atoms with Crippen LogP contribution < -0.4 is 4.74 Å². The van der Waals surface area contributed by atoms with Crippen LogP contribution in [0, 0.1) is 0 Å². The van der Waals surface area contributed by atoms with Crippen LogP contribution in [0.5, 0.6) is 5.75 Å². The van der Waals surface area contributed by atoms with E-state index in [4.69, 9.17) is 4.74 Å². The van der Waals surface area contributed by atoms with Crippen molar-refractivity contribution in [2.24, 2.45) is 0 Å². The van der Waals surface area contributed by atoms with Gasteiger partial charge < -0.3 is 4.74 Å². The first kappa shape index (κ1) is 14.0. The summed E-state index contributed by atoms with van der Waals surface area (Å²) >= 11 is 0. The van der Waals surface area contributed by atoms with Gasteiger partial charge in [0.15, 0.2) is 5.78 Å². The average molecular weight is 281 g/mol. The van der Waals surface area contributed by atoms with E-state index in [0.29, 0.717) is 5.56 Å². The summed E-state index contributed by atoms with van der Waals surface area (Å²) in [5, 5.41) is 0. The van der Waals surface area contributed by atoms with Crippen LogP contribution in [0.4, 0.5) is 13.2 Å². The molecule has 0 atom stereocenters. The molecule has 0 fully saturated rings. The molecular formula is C14H10F3NO2. The maximum atomic E-state index is 12.7. The Morgan fingerprint density at radius 1 is 1.10 bits per heavy atom. The number of alkyl halides is 3. The number of pyridine rings is 1. The number of methoxy groups -OCH3 is 1. The standard InChI is InChI=1S/C14H10F3NO2/c1-20-12-8-10(2-3-11(12)14(15,16)17)13(19)9-4-6-18-7-5-9/h2-8H,1H3. The summed E-state index contributed by atoms with van der Waals surface area (Å²) in [6.45, 7) is 0. The quantitative estimate of drug-likeness (QED) is 0.810. The highest BCUT2D eigenvalue weighted by Crippen LogP contribution is 2.36. The normalized spacial score (nSPS) is 11.2. The third-order valence-corrected chi connectivity index (χ3v) is 2.71. The number of hydrogen-bond donors (Lipinski definition) is 0. The van der Waals surface area contributed by atoms with Crippen LogP contribution in [0.2, 0.25) is 0 Å². The van der Waals surface area contributed by atoms with Crippen molar-refractivity contribution in [1.29, 1.82) is 0 Å². The minimum atomic E-state index is -4.52. The highest BCUT2D eigenvalue weighted by Gasteiger charge is 2.34. The predicted molar refractivity (Wildman–Crippen MR) is 65.7 cm³/mol. The number of ether oxygens (including phenoxy) is 1. The van der Waals surface area contributed by atoms with Crippen molar-refractivity contribution in [2.45, 2.75) is 6.18 Å². The van der Waals surface area contributed by atoms with E-state index in [1.165, 1.54) is 24.5 Å². The fourth-order valence-electron chi connectivity index (χ4n) is 1.74. The number of carbonyl (C=O) groups is 1. The first-order valence-corrected chi connectivity index (χ1v) is 5.63. The van der Waals surface area contributed by atoms with Crippen molar-refractivity contribution in [3.8, 4) is 5.75 Å². The molecule has 2 aromatic rings. The number of nitrogens with zero attached hydrogens (tertiary/aromatic N) is 1. The molecule has 0 radical (unpaired) electrons. The van der Waals surface area contributed by atoms with Gasteiger partial charge in [0.2, 0.25) is 0 Å². The van der Waals surface area contributed by atoms with Gasteiger partial charge in [0, 0.05) is 23.5 Å². The molecule has 1 aromatic carbocycles. The van der Waals surface area contributed by atoms with E-state index in [2.05, 4.69) is 4.98 Å². The van der Waals surface area contributed by atoms with Gasteiger partial charge in [-0.2, -0.15) is 13.2 Å². The van der Waals surface area contributed by atoms with Crippen molar-refractivity contribution in [1.82, 2.24) is 4.98 Å². The first-order chi connectivity index (χ1) is 9.43. The lowest BCUT2D eigenvalue weighted by Gasteiger charge is -2.12. The second-order valence-corrected chi connectivity index (χ2v) is 3.98. The molecule has 0 unspecified atom stereocenters. The minimum Gasteiger partial charge on any atom is -0.496 e. The fourth-order valence-corrected chi connectivity index (χ4v) is 1.74. The second-order valence-electron chi connectivity index (χ2n) is 3.98. The summed E-state index contributed by atoms with van der Waals surface area (Å²) in [4.78, 5) is 15.9. The maximum Gasteiger partial charge on any atom is 0.419 e. The summed E-state index contributed by atoms with van der Waals surface area (Å²) in [5.74, 6) is -0.767. The molecule has 20 heavy (non-hydrogen) atoms. The Labute approximate surface area is 113 Å². The number of hydrogen-bond acceptors (Lipinski definition) is 3. The molecule has 0 aliphatic heterocycles. The van der Waals surface area contributed by atoms with Crippen LogP contribution in [0.15, 0.2) is 42.7 Å². The Morgan fingerprint density at radius 2 is 1.75 bits per heavy atom. The monoisotopic (exact) mass is 281 g/mol. The summed E-state index contributed by atoms with van der Waals surface area (Å²) in [7, 11) is 1.13. The fraction of sp³-hybridized carbons (Fsp3) is 0.143. The molecule has 0 saturated heterocycles. The summed E-state index contributed by atoms with van der Waals surface area (Å²) in [6.07, 6.45) is -1.65. The number of halogens is 3. The Kier molecular flexibility index (Phi) is 3.74. The Hall–Kier alpha value is -2.37. The lowest BCUT2D eigenvalue weighted by atomic mass is 10.0. The van der Waals surface area contributed by atoms with Gasteiger partial charge in [-0.05, 0) is 24.3 Å². The van der Waals surface area contributed by atoms with Gasteiger partial charge in [-0.25, -0.2) is 0 Å². The molecule has 0 spiro atoms. The SMILES string of the molecule is COc1cc(C(=O)c2ccncc2)ccc1C(F)(F)F. The summed E-state index contributed by atoms with van der Waals surface area (Å²) in [6, 6.07) is 6.05. The zero-order valence-corrected chi connectivity index (χ0v) is 10.4. The van der Waals surface area contributed by atoms with Crippen molar-refractivity contribution >= 4 is 5.78 Å². The van der Waals surface area contributed by atoms with Crippen molar-refractivity contribution in [3.63, 3.8) is 0 Å². The van der Waals surface area contributed by atoms with Gasteiger partial charge >= 0.3 is 6.18 Å². The molecule has 2 rings (SSSR count). The Balaban J connectivity index is 2.43. The average Bonchev–Trinajstić information content (AvgIpc) is 2.45. The molecule has 1 heterocycles. The smallest absolute Gasteiger partial charge is 0.419 e. The second kappa shape index (κ2) is 5.32. The maximum absolute atomic E-state index is 12.7. The number of rotatable bonds is 3. The topological polar surface area (TPSA) is 39.2 Å². The Bertz CT molecular complexity index is 624. The van der Waals surface area contributed by atoms with Gasteiger partial charge in [0.1, 0.15) is 5.75 Å². The van der Waals surface area contributed by atoms with Crippen molar-refractivity contribution in [3.05, 3.63) is 59.4 Å². The predicted octanol–water partition coefficient (Wildman–Crippen LogP) is 3.34. The molecule has 0 saturated carbocycles. The summed E-state index contributed by atoms with van der Waals surface area (Å²) in [5.41, 5.74) is -0.436. The lowest BCUT2D eigenvalue weighted by molar-refractivity contribution is -0.138. The number of aromatic nitrogens is 1. The molecule has 1 aromatic heterocycles. The highest BCUT2D eigenvalue weighted by atomic mass is 19.4. The van der Waals surface area contributed by atoms with E-state index in [1.54, 1.807) is 0 Å². The van der Waals surface area contributed by atoms with Crippen LogP contribution in [-0.4, -0.2) is 17.9 Å². The molecule has 104 valence electrons. The van der Waals surface area contributed by atoms with Gasteiger partial charge in [0.25, 0.3) is 0 Å². The van der Waals surface area contributed by atoms with Crippen molar-refractivity contribution < 1.29 is 22.7 Å². The zero-order valence-electron chi connectivity index (χ0n) is 10.4. The van der Waals surface area contributed by atoms with E-state index in [-0.39, 0.29) is 17.1 Å². The molecule has 0 amide bonds.